The number of likely N-dealkylation sites (tertiary alicyclic amines) is 1. The van der Waals surface area contributed by atoms with Gasteiger partial charge in [-0.2, -0.15) is 0 Å². The Bertz CT molecular complexity index is 259. The fourth-order valence-electron chi connectivity index (χ4n) is 3.56. The second kappa shape index (κ2) is 6.33. The molecule has 4 heteroatoms. The predicted molar refractivity (Wildman–Crippen MR) is 74.5 cm³/mol. The first-order valence-electron chi connectivity index (χ1n) is 7.38. The molecule has 3 N–H and O–H groups in total. The van der Waals surface area contributed by atoms with E-state index >= 15 is 0 Å². The number of likely N-dealkylation sites (N-methyl/N-ethyl adjacent to an activating group) is 1. The van der Waals surface area contributed by atoms with Gasteiger partial charge in [-0.05, 0) is 39.3 Å². The molecule has 0 aromatic rings. The third-order valence-corrected chi connectivity index (χ3v) is 4.52. The minimum atomic E-state index is -0.144. The summed E-state index contributed by atoms with van der Waals surface area (Å²) in [5.41, 5.74) is 6.24. The lowest BCUT2D eigenvalue weighted by atomic mass is 9.84. The molecule has 0 aromatic carbocycles. The number of hydrogen-bond donors (Lipinski definition) is 2. The molecule has 2 rings (SSSR count). The van der Waals surface area contributed by atoms with E-state index in [0.29, 0.717) is 18.0 Å². The van der Waals surface area contributed by atoms with Crippen LogP contribution in [0, 0.1) is 5.92 Å². The maximum absolute atomic E-state index is 9.89. The van der Waals surface area contributed by atoms with Crippen LogP contribution in [0.4, 0.5) is 0 Å². The molecular formula is C14H29N3O. The molecule has 0 aromatic heterocycles. The lowest BCUT2D eigenvalue weighted by Crippen LogP contribution is -2.45. The maximum atomic E-state index is 9.89. The first kappa shape index (κ1) is 14.3. The first-order chi connectivity index (χ1) is 8.56. The van der Waals surface area contributed by atoms with Crippen molar-refractivity contribution in [3.8, 4) is 0 Å². The number of hydrogen-bond acceptors (Lipinski definition) is 4. The smallest absolute Gasteiger partial charge is 0.0682 e. The summed E-state index contributed by atoms with van der Waals surface area (Å²) >= 11 is 0. The van der Waals surface area contributed by atoms with Gasteiger partial charge in [0.15, 0.2) is 0 Å². The number of nitrogens with two attached hydrogens (primary N) is 1. The standard InChI is InChI=1S/C14H29N3O/c1-16(2)9-12-7-13(18)10-17(12)8-11-5-3-4-6-14(11)15/h11-14,18H,3-10,15H2,1-2H3. The van der Waals surface area contributed by atoms with Crippen LogP contribution in [-0.2, 0) is 0 Å². The van der Waals surface area contributed by atoms with E-state index in [0.717, 1.165) is 26.1 Å². The van der Waals surface area contributed by atoms with E-state index < -0.39 is 0 Å². The Morgan fingerprint density at radius 1 is 1.28 bits per heavy atom. The van der Waals surface area contributed by atoms with E-state index in [-0.39, 0.29) is 6.10 Å². The molecule has 2 aliphatic rings. The number of β-amino-alcohol motifs (C(OH)–C–C–N with tert-alkyl or cyclic N) is 1. The summed E-state index contributed by atoms with van der Waals surface area (Å²) in [5.74, 6) is 0.633. The number of nitrogens with zero attached hydrogens (tertiary/aromatic N) is 2. The highest BCUT2D eigenvalue weighted by molar-refractivity contribution is 4.90. The van der Waals surface area contributed by atoms with Crippen LogP contribution in [0.1, 0.15) is 32.1 Å². The maximum Gasteiger partial charge on any atom is 0.0682 e. The van der Waals surface area contributed by atoms with Crippen molar-refractivity contribution in [1.82, 2.24) is 9.80 Å². The normalized spacial score (nSPS) is 38.5. The van der Waals surface area contributed by atoms with Gasteiger partial charge >= 0.3 is 0 Å². The molecule has 1 heterocycles. The van der Waals surface area contributed by atoms with Gasteiger partial charge in [-0.15, -0.1) is 0 Å². The SMILES string of the molecule is CN(C)CC1CC(O)CN1CC1CCCCC1N. The van der Waals surface area contributed by atoms with E-state index in [1.165, 1.54) is 25.7 Å². The quantitative estimate of drug-likeness (QED) is 0.768. The van der Waals surface area contributed by atoms with Crippen molar-refractivity contribution in [2.75, 3.05) is 33.7 Å². The molecular weight excluding hydrogens is 226 g/mol. The zero-order chi connectivity index (χ0) is 13.1. The summed E-state index contributed by atoms with van der Waals surface area (Å²) in [7, 11) is 4.21. The molecule has 0 radical (unpaired) electrons. The molecule has 18 heavy (non-hydrogen) atoms. The molecule has 1 saturated carbocycles. The fraction of sp³-hybridized carbons (Fsp3) is 1.00. The third-order valence-electron chi connectivity index (χ3n) is 4.52. The van der Waals surface area contributed by atoms with Crippen LogP contribution in [0.25, 0.3) is 0 Å². The van der Waals surface area contributed by atoms with Crippen molar-refractivity contribution in [2.24, 2.45) is 11.7 Å². The fourth-order valence-corrected chi connectivity index (χ4v) is 3.56. The highest BCUT2D eigenvalue weighted by atomic mass is 16.3. The summed E-state index contributed by atoms with van der Waals surface area (Å²) in [5, 5.41) is 9.89. The van der Waals surface area contributed by atoms with Crippen molar-refractivity contribution in [3.63, 3.8) is 0 Å². The van der Waals surface area contributed by atoms with Gasteiger partial charge in [0, 0.05) is 31.7 Å². The minimum Gasteiger partial charge on any atom is -0.392 e. The second-order valence-corrected chi connectivity index (χ2v) is 6.47. The number of aliphatic hydroxyl groups is 1. The van der Waals surface area contributed by atoms with Gasteiger partial charge < -0.3 is 15.7 Å². The molecule has 0 spiro atoms. The van der Waals surface area contributed by atoms with E-state index in [1.807, 2.05) is 0 Å². The van der Waals surface area contributed by atoms with Crippen LogP contribution < -0.4 is 5.73 Å². The lowest BCUT2D eigenvalue weighted by molar-refractivity contribution is 0.139. The molecule has 4 nitrogen and oxygen atoms in total. The van der Waals surface area contributed by atoms with Crippen LogP contribution in [-0.4, -0.2) is 66.8 Å². The van der Waals surface area contributed by atoms with Crippen LogP contribution in [0.5, 0.6) is 0 Å². The van der Waals surface area contributed by atoms with Gasteiger partial charge in [0.25, 0.3) is 0 Å². The molecule has 4 unspecified atom stereocenters. The Morgan fingerprint density at radius 2 is 2.00 bits per heavy atom. The largest absolute Gasteiger partial charge is 0.392 e. The lowest BCUT2D eigenvalue weighted by Gasteiger charge is -2.35. The monoisotopic (exact) mass is 255 g/mol. The van der Waals surface area contributed by atoms with Gasteiger partial charge in [-0.1, -0.05) is 12.8 Å². The van der Waals surface area contributed by atoms with Crippen LogP contribution in [0.3, 0.4) is 0 Å². The van der Waals surface area contributed by atoms with E-state index in [9.17, 15) is 5.11 Å². The van der Waals surface area contributed by atoms with Crippen LogP contribution in [0.2, 0.25) is 0 Å². The number of rotatable bonds is 4. The van der Waals surface area contributed by atoms with Crippen molar-refractivity contribution in [2.45, 2.75) is 50.3 Å². The summed E-state index contributed by atoms with van der Waals surface area (Å²) in [4.78, 5) is 4.69. The highest BCUT2D eigenvalue weighted by Gasteiger charge is 2.34. The Hall–Kier alpha value is -0.160. The van der Waals surface area contributed by atoms with Gasteiger partial charge in [0.2, 0.25) is 0 Å². The highest BCUT2D eigenvalue weighted by Crippen LogP contribution is 2.27. The molecule has 106 valence electrons. The molecule has 0 bridgehead atoms. The Labute approximate surface area is 111 Å². The van der Waals surface area contributed by atoms with E-state index in [4.69, 9.17) is 5.73 Å². The molecule has 0 amide bonds. The topological polar surface area (TPSA) is 52.7 Å². The van der Waals surface area contributed by atoms with Gasteiger partial charge in [0.05, 0.1) is 6.10 Å². The zero-order valence-electron chi connectivity index (χ0n) is 11.9. The Balaban J connectivity index is 1.89. The predicted octanol–water partition coefficient (Wildman–Crippen LogP) is 0.501. The average Bonchev–Trinajstić information content (AvgIpc) is 2.61. The number of aliphatic hydroxyl groups excluding tert-OH is 1. The van der Waals surface area contributed by atoms with E-state index in [1.54, 1.807) is 0 Å². The molecule has 1 aliphatic carbocycles. The van der Waals surface area contributed by atoms with Crippen molar-refractivity contribution < 1.29 is 5.11 Å². The van der Waals surface area contributed by atoms with Gasteiger partial charge in [-0.25, -0.2) is 0 Å². The molecule has 4 atom stereocenters. The summed E-state index contributed by atoms with van der Waals surface area (Å²) in [6.45, 7) is 2.96. The third kappa shape index (κ3) is 3.67. The average molecular weight is 255 g/mol. The summed E-state index contributed by atoms with van der Waals surface area (Å²) < 4.78 is 0. The molecule has 1 saturated heterocycles. The molecule has 2 fully saturated rings. The van der Waals surface area contributed by atoms with Gasteiger partial charge in [-0.3, -0.25) is 4.90 Å². The van der Waals surface area contributed by atoms with Crippen molar-refractivity contribution >= 4 is 0 Å². The molecule has 1 aliphatic heterocycles. The summed E-state index contributed by atoms with van der Waals surface area (Å²) in [6.07, 6.45) is 5.84. The van der Waals surface area contributed by atoms with Gasteiger partial charge in [0.1, 0.15) is 0 Å². The van der Waals surface area contributed by atoms with Crippen molar-refractivity contribution in [3.05, 3.63) is 0 Å². The Kier molecular flexibility index (Phi) is 5.01. The van der Waals surface area contributed by atoms with E-state index in [2.05, 4.69) is 23.9 Å². The first-order valence-corrected chi connectivity index (χ1v) is 7.38. The van der Waals surface area contributed by atoms with Crippen LogP contribution >= 0.6 is 0 Å². The minimum absolute atomic E-state index is 0.144. The van der Waals surface area contributed by atoms with Crippen molar-refractivity contribution in [1.29, 1.82) is 0 Å². The summed E-state index contributed by atoms with van der Waals surface area (Å²) in [6, 6.07) is 0.876. The Morgan fingerprint density at radius 3 is 2.67 bits per heavy atom. The second-order valence-electron chi connectivity index (χ2n) is 6.47. The van der Waals surface area contributed by atoms with Crippen LogP contribution in [0.15, 0.2) is 0 Å². The zero-order valence-corrected chi connectivity index (χ0v) is 11.9.